The second kappa shape index (κ2) is 6.53. The Bertz CT molecular complexity index is 283. The van der Waals surface area contributed by atoms with E-state index >= 15 is 0 Å². The van der Waals surface area contributed by atoms with E-state index in [1.807, 2.05) is 0 Å². The summed E-state index contributed by atoms with van der Waals surface area (Å²) in [5.74, 6) is 0.892. The molecule has 4 nitrogen and oxygen atoms in total. The Balaban J connectivity index is 1.79. The number of hydrogen-bond donors (Lipinski definition) is 2. The molecule has 2 heterocycles. The average Bonchev–Trinajstić information content (AvgIpc) is 2.39. The molecule has 2 aliphatic rings. The van der Waals surface area contributed by atoms with Crippen molar-refractivity contribution < 1.29 is 9.53 Å². The highest BCUT2D eigenvalue weighted by Gasteiger charge is 2.28. The van der Waals surface area contributed by atoms with Gasteiger partial charge in [0.2, 0.25) is 5.91 Å². The van der Waals surface area contributed by atoms with Crippen LogP contribution in [0.2, 0.25) is 0 Å². The first-order valence-electron chi connectivity index (χ1n) is 7.34. The van der Waals surface area contributed by atoms with E-state index in [-0.39, 0.29) is 18.1 Å². The van der Waals surface area contributed by atoms with Crippen LogP contribution in [0.4, 0.5) is 0 Å². The minimum absolute atomic E-state index is 0.0156. The Morgan fingerprint density at radius 1 is 1.39 bits per heavy atom. The van der Waals surface area contributed by atoms with E-state index in [9.17, 15) is 4.79 Å². The molecule has 4 heteroatoms. The highest BCUT2D eigenvalue weighted by Crippen LogP contribution is 2.20. The summed E-state index contributed by atoms with van der Waals surface area (Å²) in [7, 11) is 0. The molecular weight excluding hydrogens is 228 g/mol. The Morgan fingerprint density at radius 3 is 2.94 bits per heavy atom. The molecule has 2 saturated heterocycles. The first-order chi connectivity index (χ1) is 8.69. The Kier molecular flexibility index (Phi) is 5.01. The predicted molar refractivity (Wildman–Crippen MR) is 71.4 cm³/mol. The summed E-state index contributed by atoms with van der Waals surface area (Å²) in [5.41, 5.74) is 0. The number of piperidine rings is 1. The van der Waals surface area contributed by atoms with Gasteiger partial charge in [0, 0.05) is 12.6 Å². The van der Waals surface area contributed by atoms with Crippen LogP contribution in [0.3, 0.4) is 0 Å². The zero-order valence-electron chi connectivity index (χ0n) is 11.6. The summed E-state index contributed by atoms with van der Waals surface area (Å²) < 4.78 is 5.50. The van der Waals surface area contributed by atoms with Crippen LogP contribution in [0.15, 0.2) is 0 Å². The van der Waals surface area contributed by atoms with Crippen LogP contribution in [-0.4, -0.2) is 37.2 Å². The first-order valence-corrected chi connectivity index (χ1v) is 7.34. The molecule has 0 aromatic rings. The van der Waals surface area contributed by atoms with Crippen LogP contribution in [-0.2, 0) is 9.53 Å². The lowest BCUT2D eigenvalue weighted by Gasteiger charge is -2.32. The molecule has 2 aliphatic heterocycles. The summed E-state index contributed by atoms with van der Waals surface area (Å²) in [6.45, 7) is 6.03. The van der Waals surface area contributed by atoms with Gasteiger partial charge < -0.3 is 15.4 Å². The number of hydrogen-bond acceptors (Lipinski definition) is 3. The van der Waals surface area contributed by atoms with Gasteiger partial charge in [0.25, 0.3) is 0 Å². The summed E-state index contributed by atoms with van der Waals surface area (Å²) in [4.78, 5) is 12.2. The number of nitrogens with one attached hydrogen (secondary N) is 2. The van der Waals surface area contributed by atoms with E-state index < -0.39 is 0 Å². The fourth-order valence-electron chi connectivity index (χ4n) is 3.00. The summed E-state index contributed by atoms with van der Waals surface area (Å²) in [5, 5.41) is 6.52. The van der Waals surface area contributed by atoms with Crippen LogP contribution in [0, 0.1) is 5.92 Å². The van der Waals surface area contributed by atoms with Crippen molar-refractivity contribution in [3.8, 4) is 0 Å². The van der Waals surface area contributed by atoms with Gasteiger partial charge >= 0.3 is 0 Å². The molecule has 104 valence electrons. The molecule has 2 rings (SSSR count). The van der Waals surface area contributed by atoms with E-state index in [1.165, 1.54) is 12.8 Å². The first kappa shape index (κ1) is 13.8. The maximum absolute atomic E-state index is 12.2. The van der Waals surface area contributed by atoms with Gasteiger partial charge in [-0.15, -0.1) is 0 Å². The highest BCUT2D eigenvalue weighted by molar-refractivity contribution is 5.82. The molecule has 0 bridgehead atoms. The molecule has 0 aliphatic carbocycles. The van der Waals surface area contributed by atoms with Gasteiger partial charge in [-0.05, 0) is 45.1 Å². The van der Waals surface area contributed by atoms with Gasteiger partial charge in [-0.25, -0.2) is 0 Å². The van der Waals surface area contributed by atoms with Crippen LogP contribution < -0.4 is 10.6 Å². The fraction of sp³-hybridized carbons (Fsp3) is 0.929. The minimum atomic E-state index is 0.0156. The molecule has 18 heavy (non-hydrogen) atoms. The Hall–Kier alpha value is -0.610. The zero-order valence-corrected chi connectivity index (χ0v) is 11.6. The quantitative estimate of drug-likeness (QED) is 0.801. The lowest BCUT2D eigenvalue weighted by molar-refractivity contribution is -0.125. The number of carbonyl (C=O) groups excluding carboxylic acids is 1. The molecule has 0 aromatic carbocycles. The second-order valence-electron chi connectivity index (χ2n) is 5.72. The van der Waals surface area contributed by atoms with E-state index in [2.05, 4.69) is 24.5 Å². The summed E-state index contributed by atoms with van der Waals surface area (Å²) >= 11 is 0. The molecule has 0 aromatic heterocycles. The number of carbonyl (C=O) groups is 1. The van der Waals surface area contributed by atoms with E-state index in [0.29, 0.717) is 12.0 Å². The lowest BCUT2D eigenvalue weighted by Crippen LogP contribution is -2.52. The van der Waals surface area contributed by atoms with Crippen molar-refractivity contribution in [1.29, 1.82) is 0 Å². The normalized spacial score (nSPS) is 37.2. The highest BCUT2D eigenvalue weighted by atomic mass is 16.5. The van der Waals surface area contributed by atoms with Gasteiger partial charge in [0.15, 0.2) is 0 Å². The lowest BCUT2D eigenvalue weighted by atomic mass is 9.90. The van der Waals surface area contributed by atoms with Crippen molar-refractivity contribution >= 4 is 5.91 Å². The third-order valence-electron chi connectivity index (χ3n) is 4.24. The Morgan fingerprint density at radius 2 is 2.22 bits per heavy atom. The van der Waals surface area contributed by atoms with E-state index in [0.717, 1.165) is 32.4 Å². The van der Waals surface area contributed by atoms with Gasteiger partial charge in [0.1, 0.15) is 0 Å². The smallest absolute Gasteiger partial charge is 0.237 e. The number of rotatable bonds is 3. The third-order valence-corrected chi connectivity index (χ3v) is 4.24. The monoisotopic (exact) mass is 254 g/mol. The maximum Gasteiger partial charge on any atom is 0.237 e. The molecule has 2 N–H and O–H groups in total. The van der Waals surface area contributed by atoms with Crippen molar-refractivity contribution in [3.05, 3.63) is 0 Å². The molecule has 2 fully saturated rings. The average molecular weight is 254 g/mol. The van der Waals surface area contributed by atoms with Crippen LogP contribution >= 0.6 is 0 Å². The van der Waals surface area contributed by atoms with Gasteiger partial charge in [-0.3, -0.25) is 4.79 Å². The minimum Gasteiger partial charge on any atom is -0.378 e. The molecule has 0 spiro atoms. The SMILES string of the molecule is CCC1CCNC(C(=O)NC2CCOC(C)C2)C1. The van der Waals surface area contributed by atoms with Gasteiger partial charge in [-0.2, -0.15) is 0 Å². The molecular formula is C14H26N2O2. The van der Waals surface area contributed by atoms with Crippen LogP contribution in [0.5, 0.6) is 0 Å². The van der Waals surface area contributed by atoms with Crippen molar-refractivity contribution in [2.75, 3.05) is 13.2 Å². The van der Waals surface area contributed by atoms with Crippen molar-refractivity contribution in [2.24, 2.45) is 5.92 Å². The van der Waals surface area contributed by atoms with Crippen molar-refractivity contribution in [2.45, 2.75) is 64.1 Å². The van der Waals surface area contributed by atoms with E-state index in [4.69, 9.17) is 4.74 Å². The second-order valence-corrected chi connectivity index (χ2v) is 5.72. The van der Waals surface area contributed by atoms with Crippen molar-refractivity contribution in [1.82, 2.24) is 10.6 Å². The summed E-state index contributed by atoms with van der Waals surface area (Å²) in [6, 6.07) is 0.312. The molecule has 1 amide bonds. The predicted octanol–water partition coefficient (Wildman–Crippen LogP) is 1.45. The standard InChI is InChI=1S/C14H26N2O2/c1-3-11-4-6-15-13(9-11)14(17)16-12-5-7-18-10(2)8-12/h10-13,15H,3-9H2,1-2H3,(H,16,17). The fourth-order valence-corrected chi connectivity index (χ4v) is 3.00. The van der Waals surface area contributed by atoms with Crippen LogP contribution in [0.1, 0.15) is 46.0 Å². The van der Waals surface area contributed by atoms with Crippen LogP contribution in [0.25, 0.3) is 0 Å². The number of amides is 1. The van der Waals surface area contributed by atoms with E-state index in [1.54, 1.807) is 0 Å². The molecule has 0 saturated carbocycles. The summed E-state index contributed by atoms with van der Waals surface area (Å²) in [6.07, 6.45) is 5.53. The maximum atomic E-state index is 12.2. The molecule has 4 unspecified atom stereocenters. The largest absolute Gasteiger partial charge is 0.378 e. The molecule has 0 radical (unpaired) electrons. The topological polar surface area (TPSA) is 50.4 Å². The van der Waals surface area contributed by atoms with Gasteiger partial charge in [0.05, 0.1) is 12.1 Å². The molecule has 4 atom stereocenters. The Labute approximate surface area is 110 Å². The number of ether oxygens (including phenoxy) is 1. The van der Waals surface area contributed by atoms with Crippen molar-refractivity contribution in [3.63, 3.8) is 0 Å². The zero-order chi connectivity index (χ0) is 13.0. The van der Waals surface area contributed by atoms with Gasteiger partial charge in [-0.1, -0.05) is 13.3 Å². The third kappa shape index (κ3) is 3.69.